The van der Waals surface area contributed by atoms with Crippen LogP contribution in [-0.2, 0) is 28.6 Å². The summed E-state index contributed by atoms with van der Waals surface area (Å²) in [5.41, 5.74) is 9.18. The lowest BCUT2D eigenvalue weighted by Gasteiger charge is -2.37. The number of hydrogen-bond acceptors (Lipinski definition) is 8. The van der Waals surface area contributed by atoms with Crippen LogP contribution in [0.15, 0.2) is 16.8 Å². The van der Waals surface area contributed by atoms with Crippen LogP contribution in [0.2, 0.25) is 0 Å². The summed E-state index contributed by atoms with van der Waals surface area (Å²) in [4.78, 5) is 36.0. The number of hydrogen-bond donors (Lipinski definition) is 1. The van der Waals surface area contributed by atoms with E-state index >= 15 is 0 Å². The summed E-state index contributed by atoms with van der Waals surface area (Å²) in [7, 11) is 0. The molecule has 0 radical (unpaired) electrons. The van der Waals surface area contributed by atoms with Crippen molar-refractivity contribution in [2.75, 3.05) is 19.8 Å². The highest BCUT2D eigenvalue weighted by atomic mass is 16.5. The molecule has 0 aromatic heterocycles. The molecule has 1 aliphatic rings. The second kappa shape index (κ2) is 9.65. The third kappa shape index (κ3) is 6.44. The smallest absolute Gasteiger partial charge is 0.302 e. The second-order valence-electron chi connectivity index (χ2n) is 5.58. The summed E-state index contributed by atoms with van der Waals surface area (Å²) in [6, 6.07) is -0.926. The van der Waals surface area contributed by atoms with E-state index < -0.39 is 41.9 Å². The van der Waals surface area contributed by atoms with E-state index in [1.54, 1.807) is 0 Å². The van der Waals surface area contributed by atoms with Crippen LogP contribution in [0.5, 0.6) is 0 Å². The minimum Gasteiger partial charge on any atom is -0.465 e. The van der Waals surface area contributed by atoms with Crippen LogP contribution in [0.25, 0.3) is 10.4 Å². The molecule has 25 heavy (non-hydrogen) atoms. The summed E-state index contributed by atoms with van der Waals surface area (Å²) in [6.45, 7) is 3.30. The molecule has 0 aliphatic heterocycles. The van der Waals surface area contributed by atoms with Gasteiger partial charge in [-0.25, -0.2) is 0 Å². The van der Waals surface area contributed by atoms with Crippen molar-refractivity contribution in [3.8, 4) is 0 Å². The standard InChI is InChI=1S/C15H21N3O7/c1-8(19)23-5-11-4-14(17-18-16)15(22)13(7-25-10(3)21)12(11)6-24-9(2)20/h4,12-15,22H,5-7H2,1-3H3/t12-,13-,14-,15-/m0/s1. The highest BCUT2D eigenvalue weighted by molar-refractivity contribution is 5.67. The van der Waals surface area contributed by atoms with Gasteiger partial charge in [0, 0.05) is 37.5 Å². The summed E-state index contributed by atoms with van der Waals surface area (Å²) in [6.07, 6.45) is 0.322. The van der Waals surface area contributed by atoms with E-state index in [1.807, 2.05) is 0 Å². The highest BCUT2D eigenvalue weighted by Crippen LogP contribution is 2.34. The Morgan fingerprint density at radius 1 is 1.12 bits per heavy atom. The quantitative estimate of drug-likeness (QED) is 0.178. The average molecular weight is 355 g/mol. The van der Waals surface area contributed by atoms with Gasteiger partial charge < -0.3 is 19.3 Å². The zero-order valence-electron chi connectivity index (χ0n) is 14.2. The minimum atomic E-state index is -1.16. The van der Waals surface area contributed by atoms with Crippen LogP contribution in [0, 0.1) is 11.8 Å². The molecule has 0 unspecified atom stereocenters. The molecule has 0 bridgehead atoms. The summed E-state index contributed by atoms with van der Waals surface area (Å²) in [5.74, 6) is -2.85. The highest BCUT2D eigenvalue weighted by Gasteiger charge is 2.40. The SMILES string of the molecule is CC(=O)OCC1=C[C@H](N=[N+]=[N-])[C@@H](O)[C@@H](COC(C)=O)[C@H]1COC(C)=O. The average Bonchev–Trinajstić information content (AvgIpc) is 2.52. The zero-order valence-corrected chi connectivity index (χ0v) is 14.2. The van der Waals surface area contributed by atoms with Gasteiger partial charge >= 0.3 is 17.9 Å². The fourth-order valence-corrected chi connectivity index (χ4v) is 2.58. The normalized spacial score (nSPS) is 25.2. The largest absolute Gasteiger partial charge is 0.465 e. The van der Waals surface area contributed by atoms with Gasteiger partial charge in [0.15, 0.2) is 0 Å². The monoisotopic (exact) mass is 355 g/mol. The van der Waals surface area contributed by atoms with E-state index in [0.29, 0.717) is 5.57 Å². The maximum absolute atomic E-state index is 11.1. The number of rotatable bonds is 7. The number of nitrogens with zero attached hydrogens (tertiary/aromatic N) is 3. The molecule has 0 aromatic carbocycles. The number of carbonyl (C=O) groups excluding carboxylic acids is 3. The Balaban J connectivity index is 3.15. The molecule has 0 saturated carbocycles. The molecular weight excluding hydrogens is 334 g/mol. The van der Waals surface area contributed by atoms with Gasteiger partial charge in [-0.2, -0.15) is 0 Å². The number of aliphatic hydroxyl groups excluding tert-OH is 1. The van der Waals surface area contributed by atoms with Gasteiger partial charge in [0.25, 0.3) is 0 Å². The van der Waals surface area contributed by atoms with Gasteiger partial charge in [-0.1, -0.05) is 11.2 Å². The Morgan fingerprint density at radius 2 is 1.68 bits per heavy atom. The molecule has 1 rings (SSSR count). The lowest BCUT2D eigenvalue weighted by Crippen LogP contribution is -2.45. The predicted molar refractivity (Wildman–Crippen MR) is 83.9 cm³/mol. The van der Waals surface area contributed by atoms with Crippen molar-refractivity contribution >= 4 is 17.9 Å². The zero-order chi connectivity index (χ0) is 19.0. The van der Waals surface area contributed by atoms with Crippen molar-refractivity contribution < 1.29 is 33.7 Å². The molecule has 1 aliphatic carbocycles. The van der Waals surface area contributed by atoms with E-state index in [9.17, 15) is 19.5 Å². The first-order chi connectivity index (χ1) is 11.8. The Hall–Kier alpha value is -2.58. The van der Waals surface area contributed by atoms with Crippen LogP contribution in [0.3, 0.4) is 0 Å². The predicted octanol–water partition coefficient (Wildman–Crippen LogP) is 0.888. The Bertz CT molecular complexity index is 598. The molecule has 0 aromatic rings. The summed E-state index contributed by atoms with van der Waals surface area (Å²) < 4.78 is 15.0. The molecule has 0 saturated heterocycles. The molecule has 0 heterocycles. The third-order valence-corrected chi connectivity index (χ3v) is 3.74. The van der Waals surface area contributed by atoms with Crippen molar-refractivity contribution in [2.24, 2.45) is 17.0 Å². The molecule has 138 valence electrons. The fourth-order valence-electron chi connectivity index (χ4n) is 2.58. The molecular formula is C15H21N3O7. The van der Waals surface area contributed by atoms with E-state index in [-0.39, 0.29) is 19.8 Å². The fraction of sp³-hybridized carbons (Fsp3) is 0.667. The van der Waals surface area contributed by atoms with E-state index in [1.165, 1.54) is 26.8 Å². The third-order valence-electron chi connectivity index (χ3n) is 3.74. The lowest BCUT2D eigenvalue weighted by molar-refractivity contribution is -0.149. The van der Waals surface area contributed by atoms with Gasteiger partial charge in [-0.05, 0) is 11.1 Å². The van der Waals surface area contributed by atoms with Gasteiger partial charge in [-0.15, -0.1) is 0 Å². The molecule has 0 fully saturated rings. The maximum atomic E-state index is 11.1. The minimum absolute atomic E-state index is 0.103. The van der Waals surface area contributed by atoms with Gasteiger partial charge in [-0.3, -0.25) is 14.4 Å². The number of carbonyl (C=O) groups is 3. The van der Waals surface area contributed by atoms with Crippen molar-refractivity contribution in [3.05, 3.63) is 22.1 Å². The molecule has 1 N–H and O–H groups in total. The molecule has 0 amide bonds. The molecule has 4 atom stereocenters. The first-order valence-corrected chi connectivity index (χ1v) is 7.59. The first kappa shape index (κ1) is 20.5. The Kier molecular flexibility index (Phi) is 7.90. The van der Waals surface area contributed by atoms with Crippen LogP contribution < -0.4 is 0 Å². The van der Waals surface area contributed by atoms with Crippen LogP contribution in [0.4, 0.5) is 0 Å². The number of esters is 3. The number of azide groups is 1. The first-order valence-electron chi connectivity index (χ1n) is 7.59. The van der Waals surface area contributed by atoms with E-state index in [0.717, 1.165) is 0 Å². The summed E-state index contributed by atoms with van der Waals surface area (Å²) >= 11 is 0. The van der Waals surface area contributed by atoms with Crippen molar-refractivity contribution in [1.29, 1.82) is 0 Å². The Labute approximate surface area is 144 Å². The van der Waals surface area contributed by atoms with Crippen molar-refractivity contribution in [2.45, 2.75) is 32.9 Å². The van der Waals surface area contributed by atoms with Crippen molar-refractivity contribution in [3.63, 3.8) is 0 Å². The van der Waals surface area contributed by atoms with Gasteiger partial charge in [0.1, 0.15) is 6.61 Å². The number of ether oxygens (including phenoxy) is 3. The Morgan fingerprint density at radius 3 is 2.20 bits per heavy atom. The lowest BCUT2D eigenvalue weighted by atomic mass is 9.75. The van der Waals surface area contributed by atoms with Crippen LogP contribution in [0.1, 0.15) is 20.8 Å². The second-order valence-corrected chi connectivity index (χ2v) is 5.58. The summed E-state index contributed by atoms with van der Waals surface area (Å²) in [5, 5.41) is 14.0. The van der Waals surface area contributed by atoms with E-state index in [2.05, 4.69) is 10.0 Å². The topological polar surface area (TPSA) is 148 Å². The molecule has 0 spiro atoms. The van der Waals surface area contributed by atoms with Gasteiger partial charge in [0.05, 0.1) is 25.4 Å². The number of aliphatic hydroxyl groups is 1. The van der Waals surface area contributed by atoms with Crippen LogP contribution in [-0.4, -0.2) is 55.0 Å². The van der Waals surface area contributed by atoms with Gasteiger partial charge in [0.2, 0.25) is 0 Å². The van der Waals surface area contributed by atoms with E-state index in [4.69, 9.17) is 19.7 Å². The maximum Gasteiger partial charge on any atom is 0.302 e. The molecule has 10 heteroatoms. The molecule has 10 nitrogen and oxygen atoms in total. The van der Waals surface area contributed by atoms with Crippen molar-refractivity contribution in [1.82, 2.24) is 0 Å². The van der Waals surface area contributed by atoms with Crippen LogP contribution >= 0.6 is 0 Å².